The monoisotopic (exact) mass is 331 g/mol. The van der Waals surface area contributed by atoms with Crippen LogP contribution in [0.15, 0.2) is 0 Å². The Morgan fingerprint density at radius 1 is 1.07 bits per heavy atom. The second-order valence-electron chi connectivity index (χ2n) is 5.77. The van der Waals surface area contributed by atoms with Crippen molar-refractivity contribution in [1.29, 1.82) is 0 Å². The number of quaternary nitrogens is 1. The Bertz CT molecular complexity index is 146. The third kappa shape index (κ3) is 10.9. The second kappa shape index (κ2) is 7.19. The second-order valence-corrected chi connectivity index (χ2v) is 11.4. The van der Waals surface area contributed by atoms with Gasteiger partial charge in [0.1, 0.15) is 6.54 Å². The van der Waals surface area contributed by atoms with Crippen LogP contribution in [-0.2, 0) is 0 Å². The largest absolute Gasteiger partial charge is 1.00 e. The average molecular weight is 331 g/mol. The molecule has 0 aliphatic rings. The minimum absolute atomic E-state index is 0. The standard InChI is InChI=1S/C10H26NOSi.HI/c1-11(2,8-9-12)7-6-10-13(3,4)5;/h12H,6-10H2,1-5H3;1H/q+1;/p-1. The zero-order valence-corrected chi connectivity index (χ0v) is 13.5. The lowest BCUT2D eigenvalue weighted by Gasteiger charge is -2.30. The Kier molecular flexibility index (Phi) is 8.87. The van der Waals surface area contributed by atoms with Crippen LogP contribution in [0.4, 0.5) is 0 Å². The summed E-state index contributed by atoms with van der Waals surface area (Å²) in [6.07, 6.45) is 1.31. The van der Waals surface area contributed by atoms with E-state index >= 15 is 0 Å². The summed E-state index contributed by atoms with van der Waals surface area (Å²) in [6.45, 7) is 9.63. The SMILES string of the molecule is C[N+](C)(CCO)CCC[Si](C)(C)C.[I-]. The zero-order chi connectivity index (χ0) is 10.5. The minimum atomic E-state index is -0.852. The van der Waals surface area contributed by atoms with Crippen molar-refractivity contribution in [1.82, 2.24) is 0 Å². The van der Waals surface area contributed by atoms with Crippen molar-refractivity contribution in [3.63, 3.8) is 0 Å². The van der Waals surface area contributed by atoms with Crippen molar-refractivity contribution in [2.45, 2.75) is 32.1 Å². The highest BCUT2D eigenvalue weighted by Gasteiger charge is 2.17. The number of aliphatic hydroxyl groups is 1. The van der Waals surface area contributed by atoms with Gasteiger partial charge in [-0.25, -0.2) is 0 Å². The Hall–Kier alpha value is 0.867. The maximum Gasteiger partial charge on any atom is 0.102 e. The van der Waals surface area contributed by atoms with Gasteiger partial charge in [-0.2, -0.15) is 0 Å². The fraction of sp³-hybridized carbons (Fsp3) is 1.00. The van der Waals surface area contributed by atoms with E-state index in [0.717, 1.165) is 11.0 Å². The molecule has 0 bridgehead atoms. The third-order valence-corrected chi connectivity index (χ3v) is 4.25. The lowest BCUT2D eigenvalue weighted by atomic mass is 10.4. The molecular formula is C10H26INOSi. The normalized spacial score (nSPS) is 12.4. The van der Waals surface area contributed by atoms with Crippen molar-refractivity contribution < 1.29 is 33.6 Å². The molecule has 0 aliphatic carbocycles. The Morgan fingerprint density at radius 3 is 1.93 bits per heavy atom. The number of likely N-dealkylation sites (N-methyl/N-ethyl adjacent to an activating group) is 1. The Morgan fingerprint density at radius 2 is 1.57 bits per heavy atom. The molecule has 0 saturated carbocycles. The van der Waals surface area contributed by atoms with Gasteiger partial charge in [0.05, 0.1) is 27.2 Å². The molecule has 0 aromatic carbocycles. The lowest BCUT2D eigenvalue weighted by Crippen LogP contribution is -3.00. The highest BCUT2D eigenvalue weighted by molar-refractivity contribution is 6.76. The van der Waals surface area contributed by atoms with E-state index in [0.29, 0.717) is 6.61 Å². The van der Waals surface area contributed by atoms with E-state index < -0.39 is 8.07 Å². The highest BCUT2D eigenvalue weighted by atomic mass is 127. The van der Waals surface area contributed by atoms with E-state index in [9.17, 15) is 0 Å². The number of aliphatic hydroxyl groups excluding tert-OH is 1. The summed E-state index contributed by atoms with van der Waals surface area (Å²) >= 11 is 0. The molecule has 0 amide bonds. The molecule has 0 radical (unpaired) electrons. The molecule has 0 unspecified atom stereocenters. The summed E-state index contributed by atoms with van der Waals surface area (Å²) < 4.78 is 0.959. The molecule has 4 heteroatoms. The van der Waals surface area contributed by atoms with Gasteiger partial charge in [0, 0.05) is 8.07 Å². The fourth-order valence-corrected chi connectivity index (χ4v) is 2.64. The van der Waals surface area contributed by atoms with Gasteiger partial charge in [-0.15, -0.1) is 0 Å². The van der Waals surface area contributed by atoms with Crippen LogP contribution in [0.5, 0.6) is 0 Å². The molecule has 88 valence electrons. The van der Waals surface area contributed by atoms with Crippen molar-refractivity contribution in [2.24, 2.45) is 0 Å². The first-order valence-corrected chi connectivity index (χ1v) is 8.90. The van der Waals surface area contributed by atoms with Gasteiger partial charge in [-0.05, 0) is 6.42 Å². The predicted octanol–water partition coefficient (Wildman–Crippen LogP) is -1.21. The van der Waals surface area contributed by atoms with Gasteiger partial charge in [0.15, 0.2) is 0 Å². The van der Waals surface area contributed by atoms with Crippen LogP contribution in [0.25, 0.3) is 0 Å². The fourth-order valence-electron chi connectivity index (χ4n) is 1.42. The van der Waals surface area contributed by atoms with E-state index in [1.807, 2.05) is 0 Å². The lowest BCUT2D eigenvalue weighted by molar-refractivity contribution is -0.890. The van der Waals surface area contributed by atoms with Crippen LogP contribution in [0.1, 0.15) is 6.42 Å². The van der Waals surface area contributed by atoms with Crippen molar-refractivity contribution in [3.8, 4) is 0 Å². The van der Waals surface area contributed by atoms with Crippen LogP contribution in [0, 0.1) is 0 Å². The number of nitrogens with zero attached hydrogens (tertiary/aromatic N) is 1. The molecule has 0 atom stereocenters. The third-order valence-electron chi connectivity index (χ3n) is 2.40. The summed E-state index contributed by atoms with van der Waals surface area (Å²) in [5, 5.41) is 8.85. The first kappa shape index (κ1) is 17.3. The van der Waals surface area contributed by atoms with Crippen LogP contribution < -0.4 is 24.0 Å². The maximum atomic E-state index is 8.85. The van der Waals surface area contributed by atoms with E-state index in [1.54, 1.807) is 0 Å². The first-order chi connectivity index (χ1) is 5.77. The summed E-state index contributed by atoms with van der Waals surface area (Å²) in [6, 6.07) is 1.40. The van der Waals surface area contributed by atoms with E-state index in [2.05, 4.69) is 33.7 Å². The van der Waals surface area contributed by atoms with Gasteiger partial charge >= 0.3 is 0 Å². The van der Waals surface area contributed by atoms with Gasteiger partial charge in [-0.3, -0.25) is 0 Å². The molecule has 0 aromatic heterocycles. The molecule has 0 spiro atoms. The van der Waals surface area contributed by atoms with Gasteiger partial charge in [-0.1, -0.05) is 25.7 Å². The van der Waals surface area contributed by atoms with Crippen molar-refractivity contribution in [2.75, 3.05) is 33.8 Å². The quantitative estimate of drug-likeness (QED) is 0.368. The molecule has 2 nitrogen and oxygen atoms in total. The molecule has 0 rings (SSSR count). The number of hydrogen-bond acceptors (Lipinski definition) is 1. The van der Waals surface area contributed by atoms with E-state index in [-0.39, 0.29) is 24.0 Å². The molecular weight excluding hydrogens is 305 g/mol. The zero-order valence-electron chi connectivity index (χ0n) is 10.3. The Balaban J connectivity index is 0. The van der Waals surface area contributed by atoms with Crippen molar-refractivity contribution in [3.05, 3.63) is 0 Å². The summed E-state index contributed by atoms with van der Waals surface area (Å²) in [5.41, 5.74) is 0. The van der Waals surface area contributed by atoms with Crippen molar-refractivity contribution >= 4 is 8.07 Å². The first-order valence-electron chi connectivity index (χ1n) is 5.20. The highest BCUT2D eigenvalue weighted by Crippen LogP contribution is 2.12. The summed E-state index contributed by atoms with van der Waals surface area (Å²) in [4.78, 5) is 0. The molecule has 14 heavy (non-hydrogen) atoms. The predicted molar refractivity (Wildman–Crippen MR) is 61.7 cm³/mol. The molecule has 1 N–H and O–H groups in total. The van der Waals surface area contributed by atoms with Gasteiger partial charge < -0.3 is 33.6 Å². The molecule has 0 aromatic rings. The van der Waals surface area contributed by atoms with Crippen LogP contribution in [0.2, 0.25) is 25.7 Å². The number of hydrogen-bond donors (Lipinski definition) is 1. The van der Waals surface area contributed by atoms with Crippen LogP contribution in [-0.4, -0.2) is 51.5 Å². The smallest absolute Gasteiger partial charge is 0.102 e. The minimum Gasteiger partial charge on any atom is -1.00 e. The Labute approximate surface area is 107 Å². The topological polar surface area (TPSA) is 20.2 Å². The number of halogens is 1. The molecule has 0 saturated heterocycles. The average Bonchev–Trinajstić information content (AvgIpc) is 1.82. The molecule has 0 aliphatic heterocycles. The van der Waals surface area contributed by atoms with Gasteiger partial charge in [0.2, 0.25) is 0 Å². The van der Waals surface area contributed by atoms with Gasteiger partial charge in [0.25, 0.3) is 0 Å². The van der Waals surface area contributed by atoms with Crippen LogP contribution >= 0.6 is 0 Å². The molecule has 0 heterocycles. The van der Waals surface area contributed by atoms with Crippen LogP contribution in [0.3, 0.4) is 0 Å². The molecule has 0 fully saturated rings. The maximum absolute atomic E-state index is 8.85. The summed E-state index contributed by atoms with van der Waals surface area (Å²) in [5.74, 6) is 0. The number of rotatable bonds is 6. The van der Waals surface area contributed by atoms with E-state index in [1.165, 1.54) is 19.0 Å². The van der Waals surface area contributed by atoms with E-state index in [4.69, 9.17) is 5.11 Å². The summed E-state index contributed by atoms with van der Waals surface area (Å²) in [7, 11) is 3.54.